The largest absolute Gasteiger partial charge is 0.381 e. The molecule has 0 aliphatic carbocycles. The van der Waals surface area contributed by atoms with Crippen molar-refractivity contribution in [2.45, 2.75) is 32.7 Å². The van der Waals surface area contributed by atoms with Gasteiger partial charge in [0.15, 0.2) is 0 Å². The van der Waals surface area contributed by atoms with Gasteiger partial charge in [0.2, 0.25) is 0 Å². The number of likely N-dealkylation sites (tertiary alicyclic amines) is 1. The van der Waals surface area contributed by atoms with Crippen LogP contribution in [0.25, 0.3) is 0 Å². The maximum Gasteiger partial charge on any atom is 0.271 e. The molecule has 0 aromatic heterocycles. The molecule has 1 aromatic rings. The number of nitrogens with one attached hydrogen (secondary N) is 1. The lowest BCUT2D eigenvalue weighted by molar-refractivity contribution is -0.384. The predicted molar refractivity (Wildman–Crippen MR) is 76.6 cm³/mol. The van der Waals surface area contributed by atoms with Crippen LogP contribution in [0.3, 0.4) is 0 Å². The minimum absolute atomic E-state index is 0.158. The van der Waals surface area contributed by atoms with Gasteiger partial charge in [-0.1, -0.05) is 6.92 Å². The first-order valence-corrected chi connectivity index (χ1v) is 6.83. The van der Waals surface area contributed by atoms with Crippen molar-refractivity contribution < 1.29 is 4.92 Å². The number of aryl methyl sites for hydroxylation is 1. The van der Waals surface area contributed by atoms with Crippen LogP contribution < -0.4 is 5.32 Å². The third-order valence-electron chi connectivity index (χ3n) is 3.60. The number of anilines is 1. The summed E-state index contributed by atoms with van der Waals surface area (Å²) >= 11 is 0. The number of non-ortho nitro benzene ring substituents is 1. The molecule has 5 nitrogen and oxygen atoms in total. The van der Waals surface area contributed by atoms with Crippen LogP contribution in [0.5, 0.6) is 0 Å². The molecule has 1 fully saturated rings. The Morgan fingerprint density at radius 2 is 2.26 bits per heavy atom. The summed E-state index contributed by atoms with van der Waals surface area (Å²) in [6.45, 7) is 7.28. The SMILES string of the molecule is CCN1CCCC(Nc2cc(C)cc([N+](=O)[O-])c2)C1. The maximum absolute atomic E-state index is 10.9. The molecule has 0 radical (unpaired) electrons. The fraction of sp³-hybridized carbons (Fsp3) is 0.571. The number of nitrogens with zero attached hydrogens (tertiary/aromatic N) is 2. The van der Waals surface area contributed by atoms with Gasteiger partial charge >= 0.3 is 0 Å². The zero-order valence-electron chi connectivity index (χ0n) is 11.6. The van der Waals surface area contributed by atoms with Crippen LogP contribution in [0, 0.1) is 17.0 Å². The highest BCUT2D eigenvalue weighted by Gasteiger charge is 2.19. The Morgan fingerprint density at radius 1 is 1.47 bits per heavy atom. The summed E-state index contributed by atoms with van der Waals surface area (Å²) in [4.78, 5) is 12.9. The Morgan fingerprint density at radius 3 is 2.95 bits per heavy atom. The van der Waals surface area contributed by atoms with E-state index >= 15 is 0 Å². The monoisotopic (exact) mass is 263 g/mol. The second kappa shape index (κ2) is 6.02. The lowest BCUT2D eigenvalue weighted by Gasteiger charge is -2.32. The van der Waals surface area contributed by atoms with Crippen LogP contribution in [0.4, 0.5) is 11.4 Å². The molecule has 1 atom stereocenters. The van der Waals surface area contributed by atoms with E-state index in [2.05, 4.69) is 17.1 Å². The Labute approximate surface area is 113 Å². The highest BCUT2D eigenvalue weighted by atomic mass is 16.6. The molecule has 0 saturated carbocycles. The van der Waals surface area contributed by atoms with Gasteiger partial charge in [-0.05, 0) is 44.5 Å². The molecule has 0 amide bonds. The summed E-state index contributed by atoms with van der Waals surface area (Å²) in [5, 5.41) is 14.3. The van der Waals surface area contributed by atoms with Crippen molar-refractivity contribution in [1.82, 2.24) is 4.90 Å². The van der Waals surface area contributed by atoms with Gasteiger partial charge < -0.3 is 10.2 Å². The number of likely N-dealkylation sites (N-methyl/N-ethyl adjacent to an activating group) is 1. The number of hydrogen-bond acceptors (Lipinski definition) is 4. The van der Waals surface area contributed by atoms with E-state index in [0.29, 0.717) is 6.04 Å². The van der Waals surface area contributed by atoms with Crippen LogP contribution in [0.1, 0.15) is 25.3 Å². The minimum atomic E-state index is -0.336. The van der Waals surface area contributed by atoms with Gasteiger partial charge in [-0.15, -0.1) is 0 Å². The van der Waals surface area contributed by atoms with Crippen molar-refractivity contribution in [3.05, 3.63) is 33.9 Å². The second-order valence-corrected chi connectivity index (χ2v) is 5.19. The third-order valence-corrected chi connectivity index (χ3v) is 3.60. The van der Waals surface area contributed by atoms with Gasteiger partial charge in [-0.2, -0.15) is 0 Å². The van der Waals surface area contributed by atoms with Gasteiger partial charge in [-0.3, -0.25) is 10.1 Å². The summed E-state index contributed by atoms with van der Waals surface area (Å²) in [6, 6.07) is 5.58. The van der Waals surface area contributed by atoms with E-state index in [-0.39, 0.29) is 10.6 Å². The fourth-order valence-electron chi connectivity index (χ4n) is 2.65. The molecule has 0 spiro atoms. The third kappa shape index (κ3) is 3.67. The van der Waals surface area contributed by atoms with Crippen LogP contribution >= 0.6 is 0 Å². The summed E-state index contributed by atoms with van der Waals surface area (Å²) in [5.74, 6) is 0. The van der Waals surface area contributed by atoms with Crippen molar-refractivity contribution in [1.29, 1.82) is 0 Å². The van der Waals surface area contributed by atoms with Crippen molar-refractivity contribution in [3.63, 3.8) is 0 Å². The zero-order valence-corrected chi connectivity index (χ0v) is 11.6. The predicted octanol–water partition coefficient (Wildman–Crippen LogP) is 2.80. The van der Waals surface area contributed by atoms with Crippen molar-refractivity contribution in [2.24, 2.45) is 0 Å². The number of piperidine rings is 1. The number of nitro benzene ring substituents is 1. The molecule has 1 aromatic carbocycles. The van der Waals surface area contributed by atoms with Crippen LogP contribution in [0.2, 0.25) is 0 Å². The summed E-state index contributed by atoms with van der Waals surface area (Å²) in [5.41, 5.74) is 1.93. The van der Waals surface area contributed by atoms with Gasteiger partial charge in [0.05, 0.1) is 4.92 Å². The van der Waals surface area contributed by atoms with Crippen molar-refractivity contribution in [3.8, 4) is 0 Å². The number of benzene rings is 1. The topological polar surface area (TPSA) is 58.4 Å². The maximum atomic E-state index is 10.9. The average molecular weight is 263 g/mol. The van der Waals surface area contributed by atoms with E-state index in [4.69, 9.17) is 0 Å². The first kappa shape index (κ1) is 13.8. The molecule has 104 valence electrons. The molecule has 0 bridgehead atoms. The number of hydrogen-bond donors (Lipinski definition) is 1. The molecule has 1 unspecified atom stereocenters. The highest BCUT2D eigenvalue weighted by Crippen LogP contribution is 2.22. The van der Waals surface area contributed by atoms with Gasteiger partial charge in [0.25, 0.3) is 5.69 Å². The molecule has 1 aliphatic rings. The Bertz CT molecular complexity index is 462. The molecule has 19 heavy (non-hydrogen) atoms. The minimum Gasteiger partial charge on any atom is -0.381 e. The van der Waals surface area contributed by atoms with E-state index in [1.807, 2.05) is 13.0 Å². The molecular weight excluding hydrogens is 242 g/mol. The van der Waals surface area contributed by atoms with E-state index in [1.165, 1.54) is 6.42 Å². The highest BCUT2D eigenvalue weighted by molar-refractivity contribution is 5.54. The van der Waals surface area contributed by atoms with Gasteiger partial charge in [0, 0.05) is 30.4 Å². The van der Waals surface area contributed by atoms with Crippen LogP contribution in [0.15, 0.2) is 18.2 Å². The quantitative estimate of drug-likeness (QED) is 0.670. The van der Waals surface area contributed by atoms with Crippen molar-refractivity contribution in [2.75, 3.05) is 25.0 Å². The molecular formula is C14H21N3O2. The summed E-state index contributed by atoms with van der Waals surface area (Å²) < 4.78 is 0. The fourth-order valence-corrected chi connectivity index (χ4v) is 2.65. The zero-order chi connectivity index (χ0) is 13.8. The number of nitro groups is 1. The van der Waals surface area contributed by atoms with Crippen molar-refractivity contribution >= 4 is 11.4 Å². The lowest BCUT2D eigenvalue weighted by Crippen LogP contribution is -2.41. The van der Waals surface area contributed by atoms with Gasteiger partial charge in [0.1, 0.15) is 0 Å². The standard InChI is InChI=1S/C14H21N3O2/c1-3-16-6-4-5-12(10-16)15-13-7-11(2)8-14(9-13)17(18)19/h7-9,12,15H,3-6,10H2,1-2H3. The first-order chi connectivity index (χ1) is 9.08. The average Bonchev–Trinajstić information content (AvgIpc) is 2.38. The number of rotatable bonds is 4. The molecule has 1 heterocycles. The molecule has 2 rings (SSSR count). The van der Waals surface area contributed by atoms with Gasteiger partial charge in [-0.25, -0.2) is 0 Å². The second-order valence-electron chi connectivity index (χ2n) is 5.19. The molecule has 1 saturated heterocycles. The smallest absolute Gasteiger partial charge is 0.271 e. The van der Waals surface area contributed by atoms with E-state index in [9.17, 15) is 10.1 Å². The molecule has 1 aliphatic heterocycles. The summed E-state index contributed by atoms with van der Waals surface area (Å²) in [7, 11) is 0. The Hall–Kier alpha value is -1.62. The Balaban J connectivity index is 2.08. The molecule has 5 heteroatoms. The van der Waals surface area contributed by atoms with Crippen LogP contribution in [-0.2, 0) is 0 Å². The molecule has 1 N–H and O–H groups in total. The Kier molecular flexibility index (Phi) is 4.37. The normalized spacial score (nSPS) is 20.2. The first-order valence-electron chi connectivity index (χ1n) is 6.83. The van der Waals surface area contributed by atoms with E-state index in [0.717, 1.165) is 37.3 Å². The lowest BCUT2D eigenvalue weighted by atomic mass is 10.0. The summed E-state index contributed by atoms with van der Waals surface area (Å²) in [6.07, 6.45) is 2.30. The van der Waals surface area contributed by atoms with E-state index < -0.39 is 0 Å². The van der Waals surface area contributed by atoms with E-state index in [1.54, 1.807) is 12.1 Å². The van der Waals surface area contributed by atoms with Crippen LogP contribution in [-0.4, -0.2) is 35.5 Å².